The minimum Gasteiger partial charge on any atom is -0.393 e. The largest absolute Gasteiger partial charge is 0.393 e. The summed E-state index contributed by atoms with van der Waals surface area (Å²) in [7, 11) is 0. The van der Waals surface area contributed by atoms with Crippen molar-refractivity contribution in [1.82, 2.24) is 14.8 Å². The van der Waals surface area contributed by atoms with Crippen LogP contribution in [0.2, 0.25) is 0 Å². The summed E-state index contributed by atoms with van der Waals surface area (Å²) >= 11 is 0. The van der Waals surface area contributed by atoms with E-state index in [9.17, 15) is 5.11 Å². The monoisotopic (exact) mass is 273 g/mol. The van der Waals surface area contributed by atoms with Crippen LogP contribution in [0.1, 0.15) is 44.0 Å². The van der Waals surface area contributed by atoms with E-state index in [1.807, 2.05) is 29.1 Å². The molecule has 2 unspecified atom stereocenters. The highest BCUT2D eigenvalue weighted by Crippen LogP contribution is 2.12. The highest BCUT2D eigenvalue weighted by atomic mass is 16.3. The van der Waals surface area contributed by atoms with Crippen molar-refractivity contribution >= 4 is 0 Å². The number of hydrogen-bond donors (Lipinski definition) is 1. The number of aliphatic hydroxyl groups excluding tert-OH is 1. The van der Waals surface area contributed by atoms with Gasteiger partial charge in [0.2, 0.25) is 0 Å². The van der Waals surface area contributed by atoms with Crippen molar-refractivity contribution in [2.24, 2.45) is 0 Å². The van der Waals surface area contributed by atoms with E-state index in [-0.39, 0.29) is 6.10 Å². The molecule has 2 aromatic rings. The first-order valence-electron chi connectivity index (χ1n) is 7.30. The number of aryl methyl sites for hydroxylation is 1. The molecular weight excluding hydrogens is 250 g/mol. The Bertz CT molecular complexity index is 509. The third-order valence-corrected chi connectivity index (χ3v) is 3.67. The fourth-order valence-electron chi connectivity index (χ4n) is 2.15. The first-order valence-corrected chi connectivity index (χ1v) is 7.30. The Morgan fingerprint density at radius 3 is 2.70 bits per heavy atom. The fraction of sp³-hybridized carbons (Fsp3) is 0.500. The predicted molar refractivity (Wildman–Crippen MR) is 79.5 cm³/mol. The molecular formula is C16H23N3O. The van der Waals surface area contributed by atoms with Crippen LogP contribution in [-0.4, -0.2) is 26.0 Å². The van der Waals surface area contributed by atoms with E-state index in [1.54, 1.807) is 12.4 Å². The molecule has 0 spiro atoms. The molecule has 20 heavy (non-hydrogen) atoms. The van der Waals surface area contributed by atoms with Crippen molar-refractivity contribution in [2.45, 2.75) is 51.7 Å². The molecule has 0 aliphatic carbocycles. The molecule has 0 saturated heterocycles. The maximum Gasteiger partial charge on any atom is 0.0650 e. The van der Waals surface area contributed by atoms with Crippen LogP contribution in [0.15, 0.2) is 36.8 Å². The summed E-state index contributed by atoms with van der Waals surface area (Å²) in [5, 5.41) is 14.6. The second-order valence-corrected chi connectivity index (χ2v) is 5.30. The first kappa shape index (κ1) is 14.7. The minimum absolute atomic E-state index is 0.344. The van der Waals surface area contributed by atoms with Crippen molar-refractivity contribution in [1.29, 1.82) is 0 Å². The number of hydrogen-bond acceptors (Lipinski definition) is 3. The fourth-order valence-corrected chi connectivity index (χ4v) is 2.15. The Morgan fingerprint density at radius 2 is 2.00 bits per heavy atom. The number of rotatable bonds is 7. The van der Waals surface area contributed by atoms with Crippen molar-refractivity contribution in [3.05, 3.63) is 48.0 Å². The molecule has 0 saturated carbocycles. The molecule has 1 N–H and O–H groups in total. The van der Waals surface area contributed by atoms with Gasteiger partial charge in [-0.1, -0.05) is 6.92 Å². The van der Waals surface area contributed by atoms with E-state index in [2.05, 4.69) is 23.9 Å². The van der Waals surface area contributed by atoms with E-state index in [0.717, 1.165) is 25.0 Å². The molecule has 4 nitrogen and oxygen atoms in total. The van der Waals surface area contributed by atoms with Gasteiger partial charge in [-0.25, -0.2) is 0 Å². The van der Waals surface area contributed by atoms with Crippen LogP contribution in [-0.2, 0) is 12.8 Å². The van der Waals surface area contributed by atoms with Gasteiger partial charge in [0, 0.05) is 31.1 Å². The second kappa shape index (κ2) is 7.20. The molecule has 108 valence electrons. The summed E-state index contributed by atoms with van der Waals surface area (Å²) in [5.41, 5.74) is 2.18. The SMILES string of the molecule is CCC(C)n1ccc(CC(O)CCc2ccncc2)n1. The molecule has 2 aromatic heterocycles. The molecule has 2 heterocycles. The molecule has 0 aromatic carbocycles. The molecule has 2 rings (SSSR count). The van der Waals surface area contributed by atoms with Crippen LogP contribution in [0.5, 0.6) is 0 Å². The smallest absolute Gasteiger partial charge is 0.0650 e. The van der Waals surface area contributed by atoms with Gasteiger partial charge in [0.1, 0.15) is 0 Å². The first-order chi connectivity index (χ1) is 9.69. The standard InChI is InChI=1S/C16H23N3O/c1-3-13(2)19-11-8-15(18-19)12-16(20)5-4-14-6-9-17-10-7-14/h6-11,13,16,20H,3-5,12H2,1-2H3. The van der Waals surface area contributed by atoms with Gasteiger partial charge < -0.3 is 5.11 Å². The minimum atomic E-state index is -0.344. The van der Waals surface area contributed by atoms with Gasteiger partial charge in [0.25, 0.3) is 0 Å². The Labute approximate surface area is 120 Å². The lowest BCUT2D eigenvalue weighted by Gasteiger charge is -2.10. The molecule has 2 atom stereocenters. The Balaban J connectivity index is 1.82. The number of pyridine rings is 1. The third kappa shape index (κ3) is 4.17. The zero-order valence-corrected chi connectivity index (χ0v) is 12.2. The average molecular weight is 273 g/mol. The van der Waals surface area contributed by atoms with Gasteiger partial charge in [-0.05, 0) is 49.9 Å². The van der Waals surface area contributed by atoms with E-state index < -0.39 is 0 Å². The quantitative estimate of drug-likeness (QED) is 0.844. The van der Waals surface area contributed by atoms with E-state index >= 15 is 0 Å². The van der Waals surface area contributed by atoms with Crippen LogP contribution in [0.4, 0.5) is 0 Å². The molecule has 4 heteroatoms. The molecule has 0 fully saturated rings. The Morgan fingerprint density at radius 1 is 1.25 bits per heavy atom. The van der Waals surface area contributed by atoms with E-state index in [4.69, 9.17) is 0 Å². The maximum absolute atomic E-state index is 10.1. The summed E-state index contributed by atoms with van der Waals surface area (Å²) < 4.78 is 1.98. The van der Waals surface area contributed by atoms with Gasteiger partial charge >= 0.3 is 0 Å². The summed E-state index contributed by atoms with van der Waals surface area (Å²) in [6.45, 7) is 4.30. The third-order valence-electron chi connectivity index (χ3n) is 3.67. The maximum atomic E-state index is 10.1. The second-order valence-electron chi connectivity index (χ2n) is 5.30. The number of aliphatic hydroxyl groups is 1. The summed E-state index contributed by atoms with van der Waals surface area (Å²) in [6.07, 6.45) is 8.53. The van der Waals surface area contributed by atoms with Crippen molar-refractivity contribution in [3.8, 4) is 0 Å². The Hall–Kier alpha value is -1.68. The lowest BCUT2D eigenvalue weighted by atomic mass is 10.1. The van der Waals surface area contributed by atoms with Gasteiger partial charge in [-0.2, -0.15) is 5.10 Å². The zero-order valence-electron chi connectivity index (χ0n) is 12.2. The predicted octanol–water partition coefficient (Wildman–Crippen LogP) is 2.79. The van der Waals surface area contributed by atoms with Crippen LogP contribution >= 0.6 is 0 Å². The Kier molecular flexibility index (Phi) is 5.30. The lowest BCUT2D eigenvalue weighted by molar-refractivity contribution is 0.163. The number of nitrogens with zero attached hydrogens (tertiary/aromatic N) is 3. The van der Waals surface area contributed by atoms with Crippen LogP contribution in [0.3, 0.4) is 0 Å². The molecule has 0 aliphatic rings. The molecule has 0 aliphatic heterocycles. The normalized spacial score (nSPS) is 14.2. The lowest BCUT2D eigenvalue weighted by Crippen LogP contribution is -2.13. The van der Waals surface area contributed by atoms with E-state index in [1.165, 1.54) is 5.56 Å². The highest BCUT2D eigenvalue weighted by Gasteiger charge is 2.10. The van der Waals surface area contributed by atoms with Crippen molar-refractivity contribution in [2.75, 3.05) is 0 Å². The van der Waals surface area contributed by atoms with Gasteiger partial charge in [-0.3, -0.25) is 9.67 Å². The van der Waals surface area contributed by atoms with Gasteiger partial charge in [0.15, 0.2) is 0 Å². The molecule has 0 bridgehead atoms. The summed E-state index contributed by atoms with van der Waals surface area (Å²) in [5.74, 6) is 0. The van der Waals surface area contributed by atoms with Crippen LogP contribution in [0, 0.1) is 0 Å². The summed E-state index contributed by atoms with van der Waals surface area (Å²) in [4.78, 5) is 3.99. The van der Waals surface area contributed by atoms with Gasteiger partial charge in [0.05, 0.1) is 11.8 Å². The van der Waals surface area contributed by atoms with Crippen LogP contribution < -0.4 is 0 Å². The van der Waals surface area contributed by atoms with Crippen molar-refractivity contribution in [3.63, 3.8) is 0 Å². The molecule has 0 amide bonds. The van der Waals surface area contributed by atoms with Gasteiger partial charge in [-0.15, -0.1) is 0 Å². The molecule has 0 radical (unpaired) electrons. The van der Waals surface area contributed by atoms with Crippen molar-refractivity contribution < 1.29 is 5.11 Å². The topological polar surface area (TPSA) is 50.9 Å². The number of aromatic nitrogens is 3. The zero-order chi connectivity index (χ0) is 14.4. The highest BCUT2D eigenvalue weighted by molar-refractivity contribution is 5.10. The average Bonchev–Trinajstić information content (AvgIpc) is 2.94. The van der Waals surface area contributed by atoms with E-state index in [0.29, 0.717) is 12.5 Å². The summed E-state index contributed by atoms with van der Waals surface area (Å²) in [6, 6.07) is 6.40. The van der Waals surface area contributed by atoms with Crippen LogP contribution in [0.25, 0.3) is 0 Å².